The molecule has 0 aliphatic carbocycles. The van der Waals surface area contributed by atoms with Crippen LogP contribution in [0.4, 0.5) is 4.39 Å². The minimum absolute atomic E-state index is 0.227. The Morgan fingerprint density at radius 1 is 0.808 bits per heavy atom. The molecule has 0 aliphatic rings. The number of halogens is 1. The highest BCUT2D eigenvalue weighted by Crippen LogP contribution is 2.33. The van der Waals surface area contributed by atoms with Gasteiger partial charge in [-0.25, -0.2) is 4.39 Å². The molecule has 0 amide bonds. The zero-order valence-corrected chi connectivity index (χ0v) is 15.0. The highest BCUT2D eigenvalue weighted by atomic mass is 19.1. The van der Waals surface area contributed by atoms with Crippen molar-refractivity contribution in [3.05, 3.63) is 95.7 Å². The van der Waals surface area contributed by atoms with Crippen molar-refractivity contribution in [1.82, 2.24) is 0 Å². The minimum atomic E-state index is -0.375. The van der Waals surface area contributed by atoms with Crippen LogP contribution in [0.1, 0.15) is 31.4 Å². The lowest BCUT2D eigenvalue weighted by Gasteiger charge is -2.17. The summed E-state index contributed by atoms with van der Waals surface area (Å²) in [5.74, 6) is 2.44. The Bertz CT molecular complexity index is 829. The first-order valence-electron chi connectivity index (χ1n) is 8.83. The highest BCUT2D eigenvalue weighted by molar-refractivity contribution is 5.50. The van der Waals surface area contributed by atoms with Gasteiger partial charge < -0.3 is 9.47 Å². The summed E-state index contributed by atoms with van der Waals surface area (Å²) in [6, 6.07) is 22.2. The van der Waals surface area contributed by atoms with E-state index in [1.807, 2.05) is 61.5 Å². The summed E-state index contributed by atoms with van der Waals surface area (Å²) >= 11 is 0. The first-order chi connectivity index (χ1) is 12.7. The van der Waals surface area contributed by atoms with E-state index in [4.69, 9.17) is 9.47 Å². The Morgan fingerprint density at radius 3 is 2.15 bits per heavy atom. The summed E-state index contributed by atoms with van der Waals surface area (Å²) in [6.45, 7) is 4.69. The van der Waals surface area contributed by atoms with Crippen molar-refractivity contribution in [3.63, 3.8) is 0 Å². The molecule has 0 unspecified atom stereocenters. The summed E-state index contributed by atoms with van der Waals surface area (Å²) in [5.41, 5.74) is 2.04. The molecule has 3 aromatic rings. The van der Waals surface area contributed by atoms with Crippen molar-refractivity contribution in [2.75, 3.05) is 6.61 Å². The monoisotopic (exact) mass is 349 g/mol. The van der Waals surface area contributed by atoms with Crippen LogP contribution < -0.4 is 9.47 Å². The molecule has 133 valence electrons. The number of hydrogen-bond donors (Lipinski definition) is 0. The van der Waals surface area contributed by atoms with E-state index in [-0.39, 0.29) is 11.6 Å². The Kier molecular flexibility index (Phi) is 5.90. The third-order valence-corrected chi connectivity index (χ3v) is 4.12. The SMILES string of the molecule is CCOc1ccc([C](CC)c2ccc(F)c(Oc3ccccc3)c2)cc1. The van der Waals surface area contributed by atoms with Crippen molar-refractivity contribution in [2.24, 2.45) is 0 Å². The van der Waals surface area contributed by atoms with Gasteiger partial charge in [0, 0.05) is 5.92 Å². The predicted molar refractivity (Wildman–Crippen MR) is 102 cm³/mol. The molecule has 0 saturated heterocycles. The van der Waals surface area contributed by atoms with Gasteiger partial charge >= 0.3 is 0 Å². The Hall–Kier alpha value is -2.81. The van der Waals surface area contributed by atoms with Crippen LogP contribution in [0, 0.1) is 11.7 Å². The van der Waals surface area contributed by atoms with Crippen molar-refractivity contribution in [1.29, 1.82) is 0 Å². The second-order valence-electron chi connectivity index (χ2n) is 5.85. The normalized spacial score (nSPS) is 10.8. The first-order valence-corrected chi connectivity index (χ1v) is 8.83. The van der Waals surface area contributed by atoms with Crippen LogP contribution in [0.3, 0.4) is 0 Å². The molecule has 0 spiro atoms. The quantitative estimate of drug-likeness (QED) is 0.491. The molecule has 1 radical (unpaired) electrons. The molecule has 0 aromatic heterocycles. The van der Waals surface area contributed by atoms with Crippen LogP contribution >= 0.6 is 0 Å². The highest BCUT2D eigenvalue weighted by Gasteiger charge is 2.16. The van der Waals surface area contributed by atoms with E-state index in [1.54, 1.807) is 12.1 Å². The molecule has 3 rings (SSSR count). The third kappa shape index (κ3) is 4.23. The summed E-state index contributed by atoms with van der Waals surface area (Å²) in [6.07, 6.45) is 0.824. The number of hydrogen-bond acceptors (Lipinski definition) is 2. The van der Waals surface area contributed by atoms with Crippen molar-refractivity contribution in [2.45, 2.75) is 20.3 Å². The third-order valence-electron chi connectivity index (χ3n) is 4.12. The summed E-state index contributed by atoms with van der Waals surface area (Å²) in [4.78, 5) is 0. The molecule has 2 nitrogen and oxygen atoms in total. The zero-order chi connectivity index (χ0) is 18.4. The Labute approximate surface area is 154 Å². The molecule has 3 heteroatoms. The van der Waals surface area contributed by atoms with Gasteiger partial charge in [0.2, 0.25) is 0 Å². The summed E-state index contributed by atoms with van der Waals surface area (Å²) in [7, 11) is 0. The zero-order valence-electron chi connectivity index (χ0n) is 15.0. The van der Waals surface area contributed by atoms with Gasteiger partial charge in [0.05, 0.1) is 6.61 Å². The van der Waals surface area contributed by atoms with Crippen LogP contribution in [0.25, 0.3) is 0 Å². The maximum atomic E-state index is 14.2. The van der Waals surface area contributed by atoms with Crippen LogP contribution in [0.15, 0.2) is 72.8 Å². The van der Waals surface area contributed by atoms with Gasteiger partial charge in [-0.15, -0.1) is 0 Å². The summed E-state index contributed by atoms with van der Waals surface area (Å²) < 4.78 is 25.4. The van der Waals surface area contributed by atoms with Gasteiger partial charge in [0.25, 0.3) is 0 Å². The van der Waals surface area contributed by atoms with E-state index < -0.39 is 0 Å². The average Bonchev–Trinajstić information content (AvgIpc) is 2.67. The number of ether oxygens (including phenoxy) is 2. The van der Waals surface area contributed by atoms with Gasteiger partial charge in [-0.1, -0.05) is 43.3 Å². The van der Waals surface area contributed by atoms with Crippen molar-refractivity contribution < 1.29 is 13.9 Å². The molecular formula is C23H22FO2. The van der Waals surface area contributed by atoms with Crippen LogP contribution in [0.5, 0.6) is 17.2 Å². The van der Waals surface area contributed by atoms with E-state index >= 15 is 0 Å². The Morgan fingerprint density at radius 2 is 1.50 bits per heavy atom. The van der Waals surface area contributed by atoms with Crippen molar-refractivity contribution >= 4 is 0 Å². The molecule has 0 bridgehead atoms. The molecular weight excluding hydrogens is 327 g/mol. The molecule has 26 heavy (non-hydrogen) atoms. The Balaban J connectivity index is 1.87. The lowest BCUT2D eigenvalue weighted by Crippen LogP contribution is -2.02. The molecule has 0 aliphatic heterocycles. The largest absolute Gasteiger partial charge is 0.494 e. The lowest BCUT2D eigenvalue weighted by molar-refractivity contribution is 0.340. The van der Waals surface area contributed by atoms with Gasteiger partial charge in [-0.2, -0.15) is 0 Å². The molecule has 0 saturated carbocycles. The van der Waals surface area contributed by atoms with E-state index in [1.165, 1.54) is 6.07 Å². The fourth-order valence-electron chi connectivity index (χ4n) is 2.88. The number of benzene rings is 3. The van der Waals surface area contributed by atoms with Crippen molar-refractivity contribution in [3.8, 4) is 17.2 Å². The molecule has 0 N–H and O–H groups in total. The molecule has 0 heterocycles. The van der Waals surface area contributed by atoms with Gasteiger partial charge in [0.15, 0.2) is 11.6 Å². The average molecular weight is 349 g/mol. The second-order valence-corrected chi connectivity index (χ2v) is 5.85. The number of para-hydroxylation sites is 1. The fourth-order valence-corrected chi connectivity index (χ4v) is 2.88. The lowest BCUT2D eigenvalue weighted by atomic mass is 9.89. The minimum Gasteiger partial charge on any atom is -0.494 e. The fraction of sp³-hybridized carbons (Fsp3) is 0.174. The molecule has 0 fully saturated rings. The topological polar surface area (TPSA) is 18.5 Å². The van der Waals surface area contributed by atoms with Gasteiger partial charge in [-0.05, 0) is 60.9 Å². The van der Waals surface area contributed by atoms with Crippen LogP contribution in [0.2, 0.25) is 0 Å². The predicted octanol–water partition coefficient (Wildman–Crippen LogP) is 6.40. The molecule has 0 atom stereocenters. The smallest absolute Gasteiger partial charge is 0.165 e. The van der Waals surface area contributed by atoms with Crippen LogP contribution in [-0.4, -0.2) is 6.61 Å². The van der Waals surface area contributed by atoms with E-state index in [0.717, 1.165) is 29.2 Å². The van der Waals surface area contributed by atoms with E-state index in [2.05, 4.69) is 6.92 Å². The van der Waals surface area contributed by atoms with Gasteiger partial charge in [0.1, 0.15) is 11.5 Å². The standard InChI is InChI=1S/C23H22FO2/c1-3-21(17-10-13-19(14-11-17)25-4-2)18-12-15-22(24)23(16-18)26-20-8-6-5-7-9-20/h5-16H,3-4H2,1-2H3. The van der Waals surface area contributed by atoms with Gasteiger partial charge in [-0.3, -0.25) is 0 Å². The summed E-state index contributed by atoms with van der Waals surface area (Å²) in [5, 5.41) is 0. The second kappa shape index (κ2) is 8.52. The maximum Gasteiger partial charge on any atom is 0.165 e. The van der Waals surface area contributed by atoms with Crippen LogP contribution in [-0.2, 0) is 0 Å². The first kappa shape index (κ1) is 18.0. The maximum absolute atomic E-state index is 14.2. The van der Waals surface area contributed by atoms with E-state index in [0.29, 0.717) is 12.4 Å². The van der Waals surface area contributed by atoms with E-state index in [9.17, 15) is 4.39 Å². The number of rotatable bonds is 7. The molecule has 3 aromatic carbocycles.